The summed E-state index contributed by atoms with van der Waals surface area (Å²) < 4.78 is 0. The Morgan fingerprint density at radius 1 is 1.33 bits per heavy atom. The van der Waals surface area contributed by atoms with Crippen molar-refractivity contribution in [1.29, 1.82) is 0 Å². The van der Waals surface area contributed by atoms with Gasteiger partial charge < -0.3 is 5.32 Å². The van der Waals surface area contributed by atoms with Gasteiger partial charge in [0.1, 0.15) is 0 Å². The van der Waals surface area contributed by atoms with Crippen molar-refractivity contribution in [2.45, 2.75) is 47.1 Å². The molecule has 0 radical (unpaired) electrons. The smallest absolute Gasteiger partial charge is 0.00104 e. The topological polar surface area (TPSA) is 12.0 Å². The average molecular weight is 169 g/mol. The summed E-state index contributed by atoms with van der Waals surface area (Å²) in [5.74, 6) is 1.77. The van der Waals surface area contributed by atoms with Gasteiger partial charge in [0, 0.05) is 6.04 Å². The van der Waals surface area contributed by atoms with E-state index in [1.165, 1.54) is 13.0 Å². The zero-order chi connectivity index (χ0) is 9.35. The zero-order valence-electron chi connectivity index (χ0n) is 9.15. The van der Waals surface area contributed by atoms with Crippen molar-refractivity contribution < 1.29 is 0 Å². The predicted molar refractivity (Wildman–Crippen MR) is 54.2 cm³/mol. The van der Waals surface area contributed by atoms with Crippen LogP contribution in [0.4, 0.5) is 0 Å². The van der Waals surface area contributed by atoms with Crippen molar-refractivity contribution in [3.05, 3.63) is 0 Å². The Morgan fingerprint density at radius 2 is 1.92 bits per heavy atom. The molecule has 0 aliphatic heterocycles. The van der Waals surface area contributed by atoms with Crippen molar-refractivity contribution in [1.82, 2.24) is 5.32 Å². The van der Waals surface area contributed by atoms with E-state index >= 15 is 0 Å². The Bertz CT molecular complexity index is 151. The van der Waals surface area contributed by atoms with Crippen molar-refractivity contribution in [3.8, 4) is 0 Å². The molecule has 0 amide bonds. The van der Waals surface area contributed by atoms with Crippen molar-refractivity contribution >= 4 is 0 Å². The third-order valence-electron chi connectivity index (χ3n) is 3.55. The van der Waals surface area contributed by atoms with Crippen LogP contribution in [0.15, 0.2) is 0 Å². The minimum absolute atomic E-state index is 0.641. The Kier molecular flexibility index (Phi) is 2.82. The van der Waals surface area contributed by atoms with E-state index in [-0.39, 0.29) is 0 Å². The summed E-state index contributed by atoms with van der Waals surface area (Å²) in [5.41, 5.74) is 0.641. The SMILES string of the molecule is CC(C)NCC1CC1(C)C(C)C. The Morgan fingerprint density at radius 3 is 2.25 bits per heavy atom. The van der Waals surface area contributed by atoms with Crippen LogP contribution >= 0.6 is 0 Å². The molecule has 1 aliphatic carbocycles. The maximum absolute atomic E-state index is 3.52. The second-order valence-corrected chi connectivity index (χ2v) is 5.12. The maximum Gasteiger partial charge on any atom is 0.00104 e. The first-order valence-corrected chi connectivity index (χ1v) is 5.20. The van der Waals surface area contributed by atoms with Gasteiger partial charge in [-0.15, -0.1) is 0 Å². The lowest BCUT2D eigenvalue weighted by atomic mass is 9.92. The van der Waals surface area contributed by atoms with Crippen LogP contribution in [-0.4, -0.2) is 12.6 Å². The highest BCUT2D eigenvalue weighted by Crippen LogP contribution is 2.56. The van der Waals surface area contributed by atoms with Gasteiger partial charge in [0.05, 0.1) is 0 Å². The largest absolute Gasteiger partial charge is 0.314 e. The molecule has 1 fully saturated rings. The van der Waals surface area contributed by atoms with Crippen molar-refractivity contribution in [2.24, 2.45) is 17.3 Å². The Balaban J connectivity index is 2.23. The summed E-state index contributed by atoms with van der Waals surface area (Å²) in [4.78, 5) is 0. The average Bonchev–Trinajstić information content (AvgIpc) is 2.59. The molecule has 1 heteroatoms. The van der Waals surface area contributed by atoms with Crippen LogP contribution in [0, 0.1) is 17.3 Å². The molecule has 1 N–H and O–H groups in total. The molecular formula is C11H23N. The van der Waals surface area contributed by atoms with E-state index in [0.29, 0.717) is 11.5 Å². The molecule has 72 valence electrons. The highest BCUT2D eigenvalue weighted by Gasteiger charge is 2.51. The van der Waals surface area contributed by atoms with Crippen LogP contribution in [0.1, 0.15) is 41.0 Å². The number of hydrogen-bond acceptors (Lipinski definition) is 1. The van der Waals surface area contributed by atoms with Crippen LogP contribution in [-0.2, 0) is 0 Å². The molecular weight excluding hydrogens is 146 g/mol. The predicted octanol–water partition coefficient (Wildman–Crippen LogP) is 2.67. The second-order valence-electron chi connectivity index (χ2n) is 5.12. The number of hydrogen-bond donors (Lipinski definition) is 1. The van der Waals surface area contributed by atoms with Gasteiger partial charge in [-0.25, -0.2) is 0 Å². The standard InChI is InChI=1S/C11H23N/c1-8(2)11(5)6-10(11)7-12-9(3)4/h8-10,12H,6-7H2,1-5H3. The molecule has 2 atom stereocenters. The minimum atomic E-state index is 0.641. The minimum Gasteiger partial charge on any atom is -0.314 e. The maximum atomic E-state index is 3.52. The lowest BCUT2D eigenvalue weighted by Gasteiger charge is -2.16. The first-order chi connectivity index (χ1) is 5.47. The van der Waals surface area contributed by atoms with E-state index in [4.69, 9.17) is 0 Å². The van der Waals surface area contributed by atoms with Crippen LogP contribution in [0.25, 0.3) is 0 Å². The Labute approximate surface area is 76.9 Å². The fourth-order valence-electron chi connectivity index (χ4n) is 1.86. The van der Waals surface area contributed by atoms with E-state index in [1.54, 1.807) is 0 Å². The van der Waals surface area contributed by atoms with Gasteiger partial charge in [-0.2, -0.15) is 0 Å². The molecule has 0 spiro atoms. The summed E-state index contributed by atoms with van der Waals surface area (Å²) in [6.07, 6.45) is 1.42. The molecule has 2 unspecified atom stereocenters. The second kappa shape index (κ2) is 3.37. The van der Waals surface area contributed by atoms with Crippen LogP contribution in [0.2, 0.25) is 0 Å². The number of rotatable bonds is 4. The molecule has 1 aliphatic rings. The summed E-state index contributed by atoms with van der Waals surface area (Å²) >= 11 is 0. The Hall–Kier alpha value is -0.0400. The zero-order valence-corrected chi connectivity index (χ0v) is 9.15. The van der Waals surface area contributed by atoms with Gasteiger partial charge in [-0.05, 0) is 30.2 Å². The number of nitrogens with one attached hydrogen (secondary N) is 1. The molecule has 0 aromatic rings. The van der Waals surface area contributed by atoms with Gasteiger partial charge in [0.2, 0.25) is 0 Å². The molecule has 12 heavy (non-hydrogen) atoms. The highest BCUT2D eigenvalue weighted by atomic mass is 14.9. The third-order valence-corrected chi connectivity index (χ3v) is 3.55. The molecule has 0 aromatic carbocycles. The van der Waals surface area contributed by atoms with Gasteiger partial charge in [-0.1, -0.05) is 34.6 Å². The first kappa shape index (κ1) is 10.0. The van der Waals surface area contributed by atoms with Crippen LogP contribution < -0.4 is 5.32 Å². The van der Waals surface area contributed by atoms with Gasteiger partial charge in [0.25, 0.3) is 0 Å². The molecule has 0 heterocycles. The third kappa shape index (κ3) is 2.01. The van der Waals surface area contributed by atoms with Crippen molar-refractivity contribution in [3.63, 3.8) is 0 Å². The molecule has 0 saturated heterocycles. The lowest BCUT2D eigenvalue weighted by Crippen LogP contribution is -2.27. The highest BCUT2D eigenvalue weighted by molar-refractivity contribution is 5.01. The van der Waals surface area contributed by atoms with E-state index in [0.717, 1.165) is 11.8 Å². The van der Waals surface area contributed by atoms with E-state index in [1.807, 2.05) is 0 Å². The fraction of sp³-hybridized carbons (Fsp3) is 1.00. The van der Waals surface area contributed by atoms with E-state index < -0.39 is 0 Å². The van der Waals surface area contributed by atoms with Crippen molar-refractivity contribution in [2.75, 3.05) is 6.54 Å². The van der Waals surface area contributed by atoms with Gasteiger partial charge in [0.15, 0.2) is 0 Å². The van der Waals surface area contributed by atoms with Gasteiger partial charge >= 0.3 is 0 Å². The van der Waals surface area contributed by atoms with Gasteiger partial charge in [-0.3, -0.25) is 0 Å². The quantitative estimate of drug-likeness (QED) is 0.682. The first-order valence-electron chi connectivity index (χ1n) is 5.20. The molecule has 1 nitrogen and oxygen atoms in total. The normalized spacial score (nSPS) is 34.8. The summed E-state index contributed by atoms with van der Waals surface area (Å²) in [6.45, 7) is 12.8. The van der Waals surface area contributed by atoms with Crippen LogP contribution in [0.3, 0.4) is 0 Å². The molecule has 1 saturated carbocycles. The lowest BCUT2D eigenvalue weighted by molar-refractivity contribution is 0.347. The summed E-state index contributed by atoms with van der Waals surface area (Å²) in [6, 6.07) is 0.641. The van der Waals surface area contributed by atoms with E-state index in [2.05, 4.69) is 39.9 Å². The fourth-order valence-corrected chi connectivity index (χ4v) is 1.86. The summed E-state index contributed by atoms with van der Waals surface area (Å²) in [5, 5.41) is 3.52. The molecule has 0 bridgehead atoms. The molecule has 0 aromatic heterocycles. The molecule has 1 rings (SSSR count). The van der Waals surface area contributed by atoms with E-state index in [9.17, 15) is 0 Å². The van der Waals surface area contributed by atoms with Crippen LogP contribution in [0.5, 0.6) is 0 Å². The monoisotopic (exact) mass is 169 g/mol. The summed E-state index contributed by atoms with van der Waals surface area (Å²) in [7, 11) is 0.